The maximum absolute atomic E-state index is 13.0. The molecule has 1 saturated heterocycles. The first-order valence-electron chi connectivity index (χ1n) is 7.82. The van der Waals surface area contributed by atoms with Crippen LogP contribution in [0.2, 0.25) is 10.0 Å². The molecule has 3 aromatic rings. The fraction of sp³-hybridized carbons (Fsp3) is 0. The van der Waals surface area contributed by atoms with Gasteiger partial charge in [-0.15, -0.1) is 10.2 Å². The Balaban J connectivity index is 1.57. The number of carbonyl (C=O) groups is 1. The SMILES string of the molecule is O=C1N/C(=N\c2nnc(-c3ccc(F)cc3)s2)S/C1=C\c1c(Cl)cccc1Cl. The molecule has 140 valence electrons. The van der Waals surface area contributed by atoms with Crippen LogP contribution in [0.15, 0.2) is 52.4 Å². The van der Waals surface area contributed by atoms with Crippen LogP contribution in [0.5, 0.6) is 0 Å². The van der Waals surface area contributed by atoms with Crippen molar-refractivity contribution in [3.8, 4) is 10.6 Å². The van der Waals surface area contributed by atoms with Gasteiger partial charge in [-0.2, -0.15) is 4.99 Å². The molecule has 5 nitrogen and oxygen atoms in total. The van der Waals surface area contributed by atoms with Gasteiger partial charge < -0.3 is 5.32 Å². The Morgan fingerprint density at radius 1 is 1.07 bits per heavy atom. The van der Waals surface area contributed by atoms with Gasteiger partial charge in [0.05, 0.1) is 4.91 Å². The Bertz CT molecular complexity index is 1110. The molecule has 0 atom stereocenters. The van der Waals surface area contributed by atoms with Crippen LogP contribution < -0.4 is 5.32 Å². The molecule has 0 unspecified atom stereocenters. The number of carbonyl (C=O) groups excluding carboxylic acids is 1. The van der Waals surface area contributed by atoms with E-state index in [4.69, 9.17) is 23.2 Å². The fourth-order valence-corrected chi connectivity index (χ4v) is 4.41. The number of amidine groups is 1. The maximum atomic E-state index is 13.0. The molecular weight excluding hydrogens is 442 g/mol. The number of nitrogens with one attached hydrogen (secondary N) is 1. The van der Waals surface area contributed by atoms with Gasteiger partial charge in [0, 0.05) is 21.2 Å². The van der Waals surface area contributed by atoms with Crippen molar-refractivity contribution >= 4 is 68.6 Å². The van der Waals surface area contributed by atoms with Crippen LogP contribution in [0, 0.1) is 5.82 Å². The number of aromatic nitrogens is 2. The van der Waals surface area contributed by atoms with E-state index in [0.717, 1.165) is 17.3 Å². The molecule has 1 fully saturated rings. The minimum Gasteiger partial charge on any atom is -0.300 e. The average Bonchev–Trinajstić information content (AvgIpc) is 3.26. The maximum Gasteiger partial charge on any atom is 0.264 e. The second kappa shape index (κ2) is 8.00. The van der Waals surface area contributed by atoms with Crippen LogP contribution in [0.4, 0.5) is 9.52 Å². The van der Waals surface area contributed by atoms with Crippen molar-refractivity contribution in [2.75, 3.05) is 0 Å². The third-order valence-corrected chi connectivity index (χ3v) is 6.06. The zero-order chi connectivity index (χ0) is 19.7. The minimum atomic E-state index is -0.322. The van der Waals surface area contributed by atoms with E-state index in [9.17, 15) is 9.18 Å². The van der Waals surface area contributed by atoms with Gasteiger partial charge in [-0.3, -0.25) is 4.79 Å². The second-order valence-electron chi connectivity index (χ2n) is 5.51. The predicted octanol–water partition coefficient (Wildman–Crippen LogP) is 5.54. The van der Waals surface area contributed by atoms with Gasteiger partial charge in [-0.25, -0.2) is 4.39 Å². The Morgan fingerprint density at radius 2 is 1.79 bits per heavy atom. The molecule has 1 N–H and O–H groups in total. The molecule has 0 aliphatic carbocycles. The Morgan fingerprint density at radius 3 is 2.50 bits per heavy atom. The molecule has 2 aromatic carbocycles. The summed E-state index contributed by atoms with van der Waals surface area (Å²) in [5.41, 5.74) is 1.31. The lowest BCUT2D eigenvalue weighted by molar-refractivity contribution is -0.115. The van der Waals surface area contributed by atoms with Gasteiger partial charge in [0.1, 0.15) is 10.8 Å². The quantitative estimate of drug-likeness (QED) is 0.531. The van der Waals surface area contributed by atoms with Gasteiger partial charge in [0.25, 0.3) is 5.91 Å². The van der Waals surface area contributed by atoms with Crippen LogP contribution in [0.1, 0.15) is 5.56 Å². The third kappa shape index (κ3) is 4.10. The summed E-state index contributed by atoms with van der Waals surface area (Å²) in [5.74, 6) is -0.625. The standard InChI is InChI=1S/C18H9Cl2FN4OS2/c19-12-2-1-3-13(20)11(12)8-14-15(26)22-17(27-14)23-18-25-24-16(28-18)9-4-6-10(21)7-5-9/h1-8H,(H,22,23,25,26)/b14-8-. The Hall–Kier alpha value is -2.26. The number of rotatable bonds is 3. The fourth-order valence-electron chi connectivity index (χ4n) is 2.32. The number of hydrogen-bond donors (Lipinski definition) is 1. The molecule has 10 heteroatoms. The molecule has 1 aliphatic heterocycles. The van der Waals surface area contributed by atoms with E-state index in [1.165, 1.54) is 23.5 Å². The number of thioether (sulfide) groups is 1. The van der Waals surface area contributed by atoms with E-state index in [-0.39, 0.29) is 11.7 Å². The van der Waals surface area contributed by atoms with Gasteiger partial charge in [-0.05, 0) is 54.2 Å². The molecule has 4 rings (SSSR count). The summed E-state index contributed by atoms with van der Waals surface area (Å²) in [6.07, 6.45) is 1.62. The van der Waals surface area contributed by atoms with Crippen molar-refractivity contribution < 1.29 is 9.18 Å². The minimum absolute atomic E-state index is 0.303. The van der Waals surface area contributed by atoms with E-state index < -0.39 is 0 Å². The molecule has 0 saturated carbocycles. The summed E-state index contributed by atoms with van der Waals surface area (Å²) in [5, 5.41) is 13.0. The number of halogens is 3. The van der Waals surface area contributed by atoms with Crippen molar-refractivity contribution in [2.24, 2.45) is 4.99 Å². The average molecular weight is 451 g/mol. The normalized spacial score (nSPS) is 16.8. The van der Waals surface area contributed by atoms with Crippen molar-refractivity contribution in [3.05, 3.63) is 68.8 Å². The topological polar surface area (TPSA) is 67.2 Å². The summed E-state index contributed by atoms with van der Waals surface area (Å²) >= 11 is 14.7. The summed E-state index contributed by atoms with van der Waals surface area (Å²) in [7, 11) is 0. The largest absolute Gasteiger partial charge is 0.300 e. The van der Waals surface area contributed by atoms with Crippen molar-refractivity contribution in [1.29, 1.82) is 0 Å². The van der Waals surface area contributed by atoms with Crippen molar-refractivity contribution in [1.82, 2.24) is 15.5 Å². The predicted molar refractivity (Wildman–Crippen MR) is 113 cm³/mol. The van der Waals surface area contributed by atoms with Crippen LogP contribution in [0.25, 0.3) is 16.6 Å². The van der Waals surface area contributed by atoms with Crippen molar-refractivity contribution in [3.63, 3.8) is 0 Å². The first kappa shape index (κ1) is 19.1. The summed E-state index contributed by atoms with van der Waals surface area (Å²) in [6.45, 7) is 0. The molecular formula is C18H9Cl2FN4OS2. The van der Waals surface area contributed by atoms with Crippen LogP contribution >= 0.6 is 46.3 Å². The molecule has 0 spiro atoms. The van der Waals surface area contributed by atoms with Crippen LogP contribution in [-0.2, 0) is 4.79 Å². The lowest BCUT2D eigenvalue weighted by atomic mass is 10.2. The zero-order valence-electron chi connectivity index (χ0n) is 13.8. The molecule has 28 heavy (non-hydrogen) atoms. The molecule has 1 aliphatic rings. The van der Waals surface area contributed by atoms with E-state index in [2.05, 4.69) is 20.5 Å². The van der Waals surface area contributed by atoms with Crippen LogP contribution in [0.3, 0.4) is 0 Å². The molecule has 0 bridgehead atoms. The van der Waals surface area contributed by atoms with Gasteiger partial charge >= 0.3 is 0 Å². The first-order chi connectivity index (χ1) is 13.5. The van der Waals surface area contributed by atoms with E-state index in [1.54, 1.807) is 36.4 Å². The Labute approximate surface area is 177 Å². The molecule has 1 amide bonds. The summed E-state index contributed by atoms with van der Waals surface area (Å²) in [6, 6.07) is 11.1. The van der Waals surface area contributed by atoms with Crippen LogP contribution in [-0.4, -0.2) is 21.3 Å². The highest BCUT2D eigenvalue weighted by Crippen LogP contribution is 2.34. The number of nitrogens with zero attached hydrogens (tertiary/aromatic N) is 3. The third-order valence-electron chi connectivity index (χ3n) is 3.63. The summed E-state index contributed by atoms with van der Waals surface area (Å²) in [4.78, 5) is 17.0. The van der Waals surface area contributed by atoms with E-state index >= 15 is 0 Å². The lowest BCUT2D eigenvalue weighted by Crippen LogP contribution is -2.19. The van der Waals surface area contributed by atoms with Gasteiger partial charge in [0.15, 0.2) is 5.17 Å². The monoisotopic (exact) mass is 450 g/mol. The smallest absolute Gasteiger partial charge is 0.264 e. The first-order valence-corrected chi connectivity index (χ1v) is 10.2. The highest BCUT2D eigenvalue weighted by Gasteiger charge is 2.25. The number of aliphatic imine (C=N–C) groups is 1. The van der Waals surface area contributed by atoms with Gasteiger partial charge in [0.2, 0.25) is 5.13 Å². The highest BCUT2D eigenvalue weighted by molar-refractivity contribution is 8.18. The molecule has 0 radical (unpaired) electrons. The summed E-state index contributed by atoms with van der Waals surface area (Å²) < 4.78 is 13.0. The second-order valence-corrected chi connectivity index (χ2v) is 8.31. The number of benzene rings is 2. The highest BCUT2D eigenvalue weighted by atomic mass is 35.5. The van der Waals surface area contributed by atoms with Crippen molar-refractivity contribution in [2.45, 2.75) is 0 Å². The lowest BCUT2D eigenvalue weighted by Gasteiger charge is -2.01. The number of amides is 1. The Kier molecular flexibility index (Phi) is 5.45. The zero-order valence-corrected chi connectivity index (χ0v) is 17.0. The van der Waals surface area contributed by atoms with E-state index in [0.29, 0.717) is 35.8 Å². The molecule has 1 aromatic heterocycles. The van der Waals surface area contributed by atoms with E-state index in [1.807, 2.05) is 0 Å². The van der Waals surface area contributed by atoms with Gasteiger partial charge in [-0.1, -0.05) is 40.6 Å². The number of hydrogen-bond acceptors (Lipinski definition) is 6. The molecule has 2 heterocycles.